The molecule has 2 atom stereocenters. The molecule has 3 heteroatoms. The van der Waals surface area contributed by atoms with Crippen LogP contribution in [0.5, 0.6) is 11.5 Å². The molecule has 0 amide bonds. The highest BCUT2D eigenvalue weighted by Gasteiger charge is 2.22. The summed E-state index contributed by atoms with van der Waals surface area (Å²) in [6.45, 7) is 5.20. The predicted molar refractivity (Wildman–Crippen MR) is 68.7 cm³/mol. The Labute approximate surface area is 103 Å². The lowest BCUT2D eigenvalue weighted by molar-refractivity contribution is 0.244. The second-order valence-electron chi connectivity index (χ2n) is 4.57. The molecule has 0 saturated heterocycles. The molecule has 1 aromatic carbocycles. The van der Waals surface area contributed by atoms with Crippen molar-refractivity contribution in [2.45, 2.75) is 38.8 Å². The van der Waals surface area contributed by atoms with Crippen LogP contribution in [0.1, 0.15) is 38.3 Å². The molecule has 94 valence electrons. The summed E-state index contributed by atoms with van der Waals surface area (Å²) in [5, 5.41) is 3.64. The van der Waals surface area contributed by atoms with E-state index in [1.165, 1.54) is 5.56 Å². The first-order chi connectivity index (χ1) is 8.24. The summed E-state index contributed by atoms with van der Waals surface area (Å²) in [4.78, 5) is 0. The first-order valence-corrected chi connectivity index (χ1v) is 6.31. The summed E-state index contributed by atoms with van der Waals surface area (Å²) in [6, 6.07) is 6.93. The van der Waals surface area contributed by atoms with E-state index in [1.54, 1.807) is 7.11 Å². The van der Waals surface area contributed by atoms with E-state index in [4.69, 9.17) is 9.47 Å². The van der Waals surface area contributed by atoms with Crippen LogP contribution in [-0.2, 0) is 0 Å². The highest BCUT2D eigenvalue weighted by atomic mass is 16.5. The molecule has 2 unspecified atom stereocenters. The molecule has 0 aromatic heterocycles. The Morgan fingerprint density at radius 3 is 3.06 bits per heavy atom. The Kier molecular flexibility index (Phi) is 3.89. The molecule has 17 heavy (non-hydrogen) atoms. The molecule has 3 nitrogen and oxygen atoms in total. The fourth-order valence-corrected chi connectivity index (χ4v) is 2.13. The van der Waals surface area contributed by atoms with Crippen molar-refractivity contribution in [1.29, 1.82) is 0 Å². The average Bonchev–Trinajstić information content (AvgIpc) is 2.38. The highest BCUT2D eigenvalue weighted by Crippen LogP contribution is 2.35. The van der Waals surface area contributed by atoms with Gasteiger partial charge < -0.3 is 14.8 Å². The standard InChI is InChI=1S/C14H21NO2/c1-4-10(2)15-13-7-8-17-14-6-5-11(16-3)9-12(13)14/h5-6,9-10,13,15H,4,7-8H2,1-3H3. The van der Waals surface area contributed by atoms with Crippen LogP contribution in [0.2, 0.25) is 0 Å². The van der Waals surface area contributed by atoms with Crippen LogP contribution >= 0.6 is 0 Å². The van der Waals surface area contributed by atoms with Crippen molar-refractivity contribution in [3.63, 3.8) is 0 Å². The number of methoxy groups -OCH3 is 1. The van der Waals surface area contributed by atoms with Gasteiger partial charge in [0, 0.05) is 24.1 Å². The van der Waals surface area contributed by atoms with E-state index in [-0.39, 0.29) is 0 Å². The Morgan fingerprint density at radius 2 is 2.35 bits per heavy atom. The third-order valence-electron chi connectivity index (χ3n) is 3.35. The van der Waals surface area contributed by atoms with Crippen molar-refractivity contribution in [3.05, 3.63) is 23.8 Å². The van der Waals surface area contributed by atoms with Gasteiger partial charge in [-0.25, -0.2) is 0 Å². The number of rotatable bonds is 4. The summed E-state index contributed by atoms with van der Waals surface area (Å²) in [6.07, 6.45) is 2.15. The van der Waals surface area contributed by atoms with Gasteiger partial charge in [-0.05, 0) is 31.5 Å². The van der Waals surface area contributed by atoms with E-state index >= 15 is 0 Å². The highest BCUT2D eigenvalue weighted by molar-refractivity contribution is 5.43. The zero-order valence-electron chi connectivity index (χ0n) is 10.8. The van der Waals surface area contributed by atoms with Gasteiger partial charge in [-0.1, -0.05) is 6.92 Å². The second kappa shape index (κ2) is 5.41. The average molecular weight is 235 g/mol. The SMILES string of the molecule is CCC(C)NC1CCOc2ccc(OC)cc21. The molecule has 0 radical (unpaired) electrons. The molecule has 2 rings (SSSR count). The van der Waals surface area contributed by atoms with Crippen LogP contribution in [0.3, 0.4) is 0 Å². The lowest BCUT2D eigenvalue weighted by atomic mass is 9.99. The quantitative estimate of drug-likeness (QED) is 0.870. The number of benzene rings is 1. The van der Waals surface area contributed by atoms with Gasteiger partial charge in [0.2, 0.25) is 0 Å². The second-order valence-corrected chi connectivity index (χ2v) is 4.57. The maximum atomic E-state index is 5.67. The number of hydrogen-bond acceptors (Lipinski definition) is 3. The molecular formula is C14H21NO2. The summed E-state index contributed by atoms with van der Waals surface area (Å²) < 4.78 is 10.9. The molecule has 1 aromatic rings. The van der Waals surface area contributed by atoms with E-state index in [9.17, 15) is 0 Å². The predicted octanol–water partition coefficient (Wildman–Crippen LogP) is 2.91. The van der Waals surface area contributed by atoms with E-state index in [0.717, 1.165) is 30.9 Å². The Bertz CT molecular complexity index is 378. The maximum absolute atomic E-state index is 5.67. The van der Waals surface area contributed by atoms with Crippen LogP contribution in [0.4, 0.5) is 0 Å². The number of fused-ring (bicyclic) bond motifs is 1. The molecule has 0 saturated carbocycles. The van der Waals surface area contributed by atoms with Gasteiger partial charge >= 0.3 is 0 Å². The normalized spacial score (nSPS) is 20.3. The van der Waals surface area contributed by atoms with Gasteiger partial charge in [0.1, 0.15) is 11.5 Å². The monoisotopic (exact) mass is 235 g/mol. The Morgan fingerprint density at radius 1 is 1.53 bits per heavy atom. The zero-order chi connectivity index (χ0) is 12.3. The molecule has 0 aliphatic carbocycles. The van der Waals surface area contributed by atoms with Gasteiger partial charge in [0.25, 0.3) is 0 Å². The van der Waals surface area contributed by atoms with E-state index in [0.29, 0.717) is 12.1 Å². The van der Waals surface area contributed by atoms with Crippen LogP contribution in [0.25, 0.3) is 0 Å². The third-order valence-corrected chi connectivity index (χ3v) is 3.35. The molecular weight excluding hydrogens is 214 g/mol. The molecule has 1 heterocycles. The van der Waals surface area contributed by atoms with Gasteiger partial charge in [0.15, 0.2) is 0 Å². The molecule has 1 aliphatic rings. The van der Waals surface area contributed by atoms with Crippen molar-refractivity contribution in [3.8, 4) is 11.5 Å². The summed E-state index contributed by atoms with van der Waals surface area (Å²) in [7, 11) is 1.70. The number of ether oxygens (including phenoxy) is 2. The smallest absolute Gasteiger partial charge is 0.124 e. The minimum atomic E-state index is 0.379. The van der Waals surface area contributed by atoms with Crippen molar-refractivity contribution in [2.75, 3.05) is 13.7 Å². The van der Waals surface area contributed by atoms with Crippen molar-refractivity contribution < 1.29 is 9.47 Å². The van der Waals surface area contributed by atoms with Crippen LogP contribution in [-0.4, -0.2) is 19.8 Å². The van der Waals surface area contributed by atoms with Gasteiger partial charge in [-0.3, -0.25) is 0 Å². The first-order valence-electron chi connectivity index (χ1n) is 6.31. The lowest BCUT2D eigenvalue weighted by Crippen LogP contribution is -2.33. The molecule has 1 N–H and O–H groups in total. The van der Waals surface area contributed by atoms with Crippen molar-refractivity contribution in [1.82, 2.24) is 5.32 Å². The Hall–Kier alpha value is -1.22. The number of hydrogen-bond donors (Lipinski definition) is 1. The maximum Gasteiger partial charge on any atom is 0.124 e. The third kappa shape index (κ3) is 2.72. The van der Waals surface area contributed by atoms with Gasteiger partial charge in [0.05, 0.1) is 13.7 Å². The van der Waals surface area contributed by atoms with E-state index in [2.05, 4.69) is 25.2 Å². The van der Waals surface area contributed by atoms with Gasteiger partial charge in [-0.15, -0.1) is 0 Å². The van der Waals surface area contributed by atoms with Gasteiger partial charge in [-0.2, -0.15) is 0 Å². The first kappa shape index (κ1) is 12.2. The Balaban J connectivity index is 2.22. The largest absolute Gasteiger partial charge is 0.497 e. The minimum Gasteiger partial charge on any atom is -0.497 e. The van der Waals surface area contributed by atoms with Crippen molar-refractivity contribution in [2.24, 2.45) is 0 Å². The lowest BCUT2D eigenvalue weighted by Gasteiger charge is -2.29. The molecule has 1 aliphatic heterocycles. The van der Waals surface area contributed by atoms with E-state index in [1.807, 2.05) is 12.1 Å². The summed E-state index contributed by atoms with van der Waals surface area (Å²) in [5.41, 5.74) is 1.22. The molecule has 0 bridgehead atoms. The molecule has 0 fully saturated rings. The summed E-state index contributed by atoms with van der Waals surface area (Å²) >= 11 is 0. The fourth-order valence-electron chi connectivity index (χ4n) is 2.13. The van der Waals surface area contributed by atoms with Crippen LogP contribution in [0.15, 0.2) is 18.2 Å². The topological polar surface area (TPSA) is 30.5 Å². The van der Waals surface area contributed by atoms with Crippen molar-refractivity contribution >= 4 is 0 Å². The minimum absolute atomic E-state index is 0.379. The van der Waals surface area contributed by atoms with Crippen LogP contribution < -0.4 is 14.8 Å². The van der Waals surface area contributed by atoms with E-state index < -0.39 is 0 Å². The zero-order valence-corrected chi connectivity index (χ0v) is 10.8. The van der Waals surface area contributed by atoms with Crippen LogP contribution in [0, 0.1) is 0 Å². The fraction of sp³-hybridized carbons (Fsp3) is 0.571. The molecule has 0 spiro atoms. The summed E-state index contributed by atoms with van der Waals surface area (Å²) in [5.74, 6) is 1.88. The number of nitrogens with one attached hydrogen (secondary N) is 1.